The summed E-state index contributed by atoms with van der Waals surface area (Å²) in [5.41, 5.74) is 2.79. The van der Waals surface area contributed by atoms with E-state index in [4.69, 9.17) is 4.74 Å². The first kappa shape index (κ1) is 11.1. The van der Waals surface area contributed by atoms with Crippen molar-refractivity contribution in [2.75, 3.05) is 6.61 Å². The summed E-state index contributed by atoms with van der Waals surface area (Å²) in [6.45, 7) is 2.88. The maximum atomic E-state index is 6.05. The average molecular weight is 231 g/mol. The molecule has 1 heterocycles. The number of hydrogen-bond donors (Lipinski definition) is 1. The zero-order valence-corrected chi connectivity index (χ0v) is 10.4. The molecule has 1 aliphatic heterocycles. The number of rotatable bonds is 3. The lowest BCUT2D eigenvalue weighted by Gasteiger charge is -2.22. The summed E-state index contributed by atoms with van der Waals surface area (Å²) in [7, 11) is 0. The zero-order valence-electron chi connectivity index (χ0n) is 10.4. The zero-order chi connectivity index (χ0) is 11.5. The molecule has 2 heteroatoms. The highest BCUT2D eigenvalue weighted by molar-refractivity contribution is 5.42. The van der Waals surface area contributed by atoms with Crippen LogP contribution < -0.4 is 10.1 Å². The molecule has 1 saturated carbocycles. The Morgan fingerprint density at radius 1 is 1.12 bits per heavy atom. The third-order valence-electron chi connectivity index (χ3n) is 4.05. The van der Waals surface area contributed by atoms with Gasteiger partial charge in [-0.05, 0) is 30.4 Å². The number of fused-ring (bicyclic) bond motifs is 1. The van der Waals surface area contributed by atoms with Gasteiger partial charge in [0.25, 0.3) is 0 Å². The quantitative estimate of drug-likeness (QED) is 0.862. The minimum atomic E-state index is 0.786. The first-order chi connectivity index (χ1) is 8.43. The molecule has 0 spiro atoms. The number of hydrogen-bond acceptors (Lipinski definition) is 2. The molecule has 0 amide bonds. The molecule has 92 valence electrons. The minimum Gasteiger partial charge on any atom is -0.493 e. The smallest absolute Gasteiger partial charge is 0.124 e. The predicted molar refractivity (Wildman–Crippen MR) is 69.1 cm³/mol. The second-order valence-electron chi connectivity index (χ2n) is 5.31. The van der Waals surface area contributed by atoms with Crippen molar-refractivity contribution in [1.29, 1.82) is 0 Å². The van der Waals surface area contributed by atoms with Crippen molar-refractivity contribution >= 4 is 0 Å². The van der Waals surface area contributed by atoms with Crippen LogP contribution in [0.25, 0.3) is 0 Å². The van der Waals surface area contributed by atoms with Gasteiger partial charge in [0, 0.05) is 18.7 Å². The Morgan fingerprint density at radius 3 is 2.88 bits per heavy atom. The number of benzene rings is 1. The maximum absolute atomic E-state index is 6.05. The lowest BCUT2D eigenvalue weighted by atomic mass is 9.90. The van der Waals surface area contributed by atoms with Crippen LogP contribution in [0.15, 0.2) is 18.2 Å². The first-order valence-electron chi connectivity index (χ1n) is 6.88. The third kappa shape index (κ3) is 2.47. The Bertz CT molecular complexity index is 383. The van der Waals surface area contributed by atoms with Crippen LogP contribution in [0.3, 0.4) is 0 Å². The molecule has 0 saturated heterocycles. The van der Waals surface area contributed by atoms with E-state index in [0.717, 1.165) is 31.4 Å². The molecule has 2 aliphatic rings. The van der Waals surface area contributed by atoms with Crippen LogP contribution in [0, 0.1) is 5.92 Å². The second kappa shape index (κ2) is 5.09. The van der Waals surface area contributed by atoms with Gasteiger partial charge in [-0.2, -0.15) is 0 Å². The molecule has 0 radical (unpaired) electrons. The van der Waals surface area contributed by atoms with E-state index in [1.54, 1.807) is 0 Å². The van der Waals surface area contributed by atoms with Crippen molar-refractivity contribution in [3.05, 3.63) is 29.3 Å². The van der Waals surface area contributed by atoms with Gasteiger partial charge in [-0.1, -0.05) is 31.4 Å². The van der Waals surface area contributed by atoms with Crippen LogP contribution in [0.4, 0.5) is 0 Å². The van der Waals surface area contributed by atoms with Crippen molar-refractivity contribution < 1.29 is 4.74 Å². The molecule has 2 nitrogen and oxygen atoms in total. The Kier molecular flexibility index (Phi) is 3.32. The van der Waals surface area contributed by atoms with Crippen molar-refractivity contribution in [2.24, 2.45) is 5.92 Å². The fourth-order valence-corrected chi connectivity index (χ4v) is 3.00. The van der Waals surface area contributed by atoms with E-state index in [1.165, 1.54) is 43.2 Å². The van der Waals surface area contributed by atoms with Gasteiger partial charge in [-0.3, -0.25) is 0 Å². The molecular weight excluding hydrogens is 210 g/mol. The summed E-state index contributed by atoms with van der Waals surface area (Å²) < 4.78 is 6.05. The highest BCUT2D eigenvalue weighted by Crippen LogP contribution is 2.29. The van der Waals surface area contributed by atoms with Crippen molar-refractivity contribution in [3.8, 4) is 5.75 Å². The van der Waals surface area contributed by atoms with Crippen LogP contribution in [0.1, 0.15) is 43.2 Å². The third-order valence-corrected chi connectivity index (χ3v) is 4.05. The van der Waals surface area contributed by atoms with Crippen LogP contribution >= 0.6 is 0 Å². The molecule has 1 aromatic rings. The van der Waals surface area contributed by atoms with Gasteiger partial charge >= 0.3 is 0 Å². The lowest BCUT2D eigenvalue weighted by Crippen LogP contribution is -2.15. The number of ether oxygens (including phenoxy) is 1. The van der Waals surface area contributed by atoms with E-state index >= 15 is 0 Å². The Balaban J connectivity index is 1.63. The van der Waals surface area contributed by atoms with E-state index in [2.05, 4.69) is 23.5 Å². The summed E-state index contributed by atoms with van der Waals surface area (Å²) in [5.74, 6) is 1.90. The molecule has 0 atom stereocenters. The van der Waals surface area contributed by atoms with Gasteiger partial charge in [0.1, 0.15) is 5.75 Å². The fourth-order valence-electron chi connectivity index (χ4n) is 3.00. The van der Waals surface area contributed by atoms with E-state index in [-0.39, 0.29) is 0 Å². The molecule has 17 heavy (non-hydrogen) atoms. The molecule has 1 fully saturated rings. The molecule has 0 unspecified atom stereocenters. The highest BCUT2D eigenvalue weighted by Gasteiger charge is 2.17. The summed E-state index contributed by atoms with van der Waals surface area (Å²) in [6.07, 6.45) is 6.91. The van der Waals surface area contributed by atoms with Crippen molar-refractivity contribution in [3.63, 3.8) is 0 Å². The van der Waals surface area contributed by atoms with E-state index in [1.807, 2.05) is 0 Å². The molecule has 0 bridgehead atoms. The van der Waals surface area contributed by atoms with Gasteiger partial charge in [0.2, 0.25) is 0 Å². The van der Waals surface area contributed by atoms with Crippen LogP contribution in [-0.2, 0) is 13.1 Å². The first-order valence-corrected chi connectivity index (χ1v) is 6.88. The molecule has 1 aromatic carbocycles. The van der Waals surface area contributed by atoms with Crippen LogP contribution in [-0.4, -0.2) is 6.61 Å². The maximum Gasteiger partial charge on any atom is 0.124 e. The number of nitrogens with one attached hydrogen (secondary N) is 1. The van der Waals surface area contributed by atoms with E-state index in [9.17, 15) is 0 Å². The van der Waals surface area contributed by atoms with E-state index < -0.39 is 0 Å². The second-order valence-corrected chi connectivity index (χ2v) is 5.31. The molecular formula is C15H21NO. The largest absolute Gasteiger partial charge is 0.493 e. The Labute approximate surface area is 103 Å². The van der Waals surface area contributed by atoms with Crippen molar-refractivity contribution in [2.45, 2.75) is 45.2 Å². The molecule has 0 aromatic heterocycles. The summed E-state index contributed by atoms with van der Waals surface area (Å²) in [6, 6.07) is 6.43. The molecule has 1 aliphatic carbocycles. The standard InChI is InChI=1S/C15H21NO/c1-2-5-12(6-3-1)11-17-15-8-4-7-13-9-16-10-14(13)15/h4,7-8,12,16H,1-3,5-6,9-11H2. The summed E-state index contributed by atoms with van der Waals surface area (Å²) in [5, 5.41) is 3.39. The fraction of sp³-hybridized carbons (Fsp3) is 0.600. The summed E-state index contributed by atoms with van der Waals surface area (Å²) >= 11 is 0. The van der Waals surface area contributed by atoms with Gasteiger partial charge in [0.05, 0.1) is 6.61 Å². The molecule has 1 N–H and O–H groups in total. The lowest BCUT2D eigenvalue weighted by molar-refractivity contribution is 0.207. The van der Waals surface area contributed by atoms with Crippen LogP contribution in [0.5, 0.6) is 5.75 Å². The highest BCUT2D eigenvalue weighted by atomic mass is 16.5. The predicted octanol–water partition coefficient (Wildman–Crippen LogP) is 3.25. The molecule has 3 rings (SSSR count). The van der Waals surface area contributed by atoms with Crippen LogP contribution in [0.2, 0.25) is 0 Å². The van der Waals surface area contributed by atoms with Gasteiger partial charge in [-0.15, -0.1) is 0 Å². The van der Waals surface area contributed by atoms with E-state index in [0.29, 0.717) is 0 Å². The van der Waals surface area contributed by atoms with Gasteiger partial charge in [0.15, 0.2) is 0 Å². The normalized spacial score (nSPS) is 20.2. The van der Waals surface area contributed by atoms with Crippen molar-refractivity contribution in [1.82, 2.24) is 5.32 Å². The van der Waals surface area contributed by atoms with Gasteiger partial charge < -0.3 is 10.1 Å². The monoisotopic (exact) mass is 231 g/mol. The SMILES string of the molecule is c1cc2c(c(OCC3CCCCC3)c1)CNC2. The minimum absolute atomic E-state index is 0.786. The topological polar surface area (TPSA) is 21.3 Å². The Hall–Kier alpha value is -1.02. The summed E-state index contributed by atoms with van der Waals surface area (Å²) in [4.78, 5) is 0. The Morgan fingerprint density at radius 2 is 2.00 bits per heavy atom. The average Bonchev–Trinajstić information content (AvgIpc) is 2.86. The van der Waals surface area contributed by atoms with Gasteiger partial charge in [-0.25, -0.2) is 0 Å².